The molecule has 6 nitrogen and oxygen atoms in total. The molecule has 1 fully saturated rings. The third kappa shape index (κ3) is 3.99. The minimum Gasteiger partial charge on any atom is -0.342 e. The number of aromatic nitrogens is 1. The predicted octanol–water partition coefficient (Wildman–Crippen LogP) is 5.12. The second-order valence-electron chi connectivity index (χ2n) is 7.65. The van der Waals surface area contributed by atoms with Crippen molar-refractivity contribution in [2.75, 3.05) is 4.90 Å². The lowest BCUT2D eigenvalue weighted by atomic mass is 10.1. The fraction of sp³-hybridized carbons (Fsp3) is 0.0385. The molecule has 1 saturated heterocycles. The van der Waals surface area contributed by atoms with E-state index in [4.69, 9.17) is 0 Å². The van der Waals surface area contributed by atoms with Crippen LogP contribution >= 0.6 is 15.9 Å². The van der Waals surface area contributed by atoms with Gasteiger partial charge in [0.2, 0.25) is 0 Å². The molecule has 0 spiro atoms. The van der Waals surface area contributed by atoms with Crippen LogP contribution in [0.1, 0.15) is 11.1 Å². The zero-order valence-corrected chi connectivity index (χ0v) is 19.0. The van der Waals surface area contributed by atoms with E-state index in [0.717, 1.165) is 31.4 Å². The number of hydrogen-bond donors (Lipinski definition) is 1. The van der Waals surface area contributed by atoms with Crippen molar-refractivity contribution in [2.24, 2.45) is 0 Å². The van der Waals surface area contributed by atoms with Gasteiger partial charge >= 0.3 is 6.03 Å². The van der Waals surface area contributed by atoms with Gasteiger partial charge in [-0.05, 0) is 42.0 Å². The number of fused-ring (bicyclic) bond motifs is 1. The number of nitrogens with one attached hydrogen (secondary N) is 1. The molecule has 33 heavy (non-hydrogen) atoms. The van der Waals surface area contributed by atoms with Gasteiger partial charge in [0.25, 0.3) is 11.8 Å². The Hall–Kier alpha value is -3.97. The van der Waals surface area contributed by atoms with Gasteiger partial charge in [0.1, 0.15) is 5.57 Å². The number of nitrogens with zero attached hydrogens (tertiary/aromatic N) is 2. The highest BCUT2D eigenvalue weighted by Gasteiger charge is 2.37. The third-order valence-electron chi connectivity index (χ3n) is 5.50. The molecule has 4 aromatic rings. The predicted molar refractivity (Wildman–Crippen MR) is 131 cm³/mol. The Morgan fingerprint density at radius 1 is 0.848 bits per heavy atom. The Bertz CT molecular complexity index is 1420. The first-order valence-corrected chi connectivity index (χ1v) is 11.1. The molecule has 1 N–H and O–H groups in total. The van der Waals surface area contributed by atoms with Gasteiger partial charge in [-0.25, -0.2) is 9.69 Å². The quantitative estimate of drug-likeness (QED) is 0.313. The Kier molecular flexibility index (Phi) is 5.40. The van der Waals surface area contributed by atoms with Crippen LogP contribution in [-0.2, 0) is 16.1 Å². The lowest BCUT2D eigenvalue weighted by Crippen LogP contribution is -2.54. The standard InChI is InChI=1S/C26H18BrN3O3/c27-19-10-12-20(13-11-19)30-25(32)22(24(31)28-26(30)33)14-18-16-29(15-17-6-2-1-3-7-17)23-9-5-4-8-21(18)23/h1-14,16H,15H2,(H,28,31,33)/b22-14-. The topological polar surface area (TPSA) is 71.4 Å². The van der Waals surface area contributed by atoms with E-state index in [2.05, 4.69) is 25.8 Å². The number of rotatable bonds is 4. The zero-order chi connectivity index (χ0) is 22.9. The van der Waals surface area contributed by atoms with Crippen LogP contribution in [-0.4, -0.2) is 22.4 Å². The number of para-hydroxylation sites is 1. The molecule has 0 aliphatic carbocycles. The van der Waals surface area contributed by atoms with Crippen molar-refractivity contribution in [1.82, 2.24) is 9.88 Å². The molecule has 162 valence electrons. The van der Waals surface area contributed by atoms with Crippen LogP contribution in [0.25, 0.3) is 17.0 Å². The third-order valence-corrected chi connectivity index (χ3v) is 6.03. The molecule has 0 radical (unpaired) electrons. The van der Waals surface area contributed by atoms with Crippen molar-refractivity contribution in [3.63, 3.8) is 0 Å². The molecular formula is C26H18BrN3O3. The van der Waals surface area contributed by atoms with E-state index < -0.39 is 17.8 Å². The molecule has 1 aliphatic rings. The fourth-order valence-corrected chi connectivity index (χ4v) is 4.20. The number of halogens is 1. The summed E-state index contributed by atoms with van der Waals surface area (Å²) < 4.78 is 2.90. The summed E-state index contributed by atoms with van der Waals surface area (Å²) in [5, 5.41) is 3.19. The van der Waals surface area contributed by atoms with Crippen LogP contribution in [0.4, 0.5) is 10.5 Å². The average Bonchev–Trinajstić information content (AvgIpc) is 3.16. The molecule has 0 bridgehead atoms. The molecule has 2 heterocycles. The smallest absolute Gasteiger partial charge is 0.335 e. The molecule has 7 heteroatoms. The second-order valence-corrected chi connectivity index (χ2v) is 8.57. The summed E-state index contributed by atoms with van der Waals surface area (Å²) in [6.45, 7) is 0.647. The molecule has 5 rings (SSSR count). The van der Waals surface area contributed by atoms with Crippen LogP contribution in [0, 0.1) is 0 Å². The Morgan fingerprint density at radius 3 is 2.30 bits per heavy atom. The van der Waals surface area contributed by atoms with Crippen molar-refractivity contribution in [1.29, 1.82) is 0 Å². The maximum atomic E-state index is 13.2. The van der Waals surface area contributed by atoms with Crippen LogP contribution in [0.2, 0.25) is 0 Å². The average molecular weight is 500 g/mol. The lowest BCUT2D eigenvalue weighted by molar-refractivity contribution is -0.122. The maximum Gasteiger partial charge on any atom is 0.335 e. The van der Waals surface area contributed by atoms with E-state index in [9.17, 15) is 14.4 Å². The number of benzene rings is 3. The van der Waals surface area contributed by atoms with Gasteiger partial charge in [-0.1, -0.05) is 64.5 Å². The van der Waals surface area contributed by atoms with Gasteiger partial charge in [-0.15, -0.1) is 0 Å². The number of barbiturate groups is 1. The number of anilines is 1. The summed E-state index contributed by atoms with van der Waals surface area (Å²) >= 11 is 3.34. The minimum absolute atomic E-state index is 0.0971. The highest BCUT2D eigenvalue weighted by molar-refractivity contribution is 9.10. The molecular weight excluding hydrogens is 482 g/mol. The summed E-state index contributed by atoms with van der Waals surface area (Å²) in [5.41, 5.74) is 3.13. The largest absolute Gasteiger partial charge is 0.342 e. The van der Waals surface area contributed by atoms with Crippen molar-refractivity contribution in [3.8, 4) is 0 Å². The number of imide groups is 2. The SMILES string of the molecule is O=C1NC(=O)N(c2ccc(Br)cc2)C(=O)/C1=C\c1cn(Cc2ccccc2)c2ccccc12. The summed E-state index contributed by atoms with van der Waals surface area (Å²) in [6, 6.07) is 23.8. The van der Waals surface area contributed by atoms with Gasteiger partial charge in [-0.3, -0.25) is 14.9 Å². The highest BCUT2D eigenvalue weighted by Crippen LogP contribution is 2.27. The molecule has 0 atom stereocenters. The van der Waals surface area contributed by atoms with Crippen molar-refractivity contribution >= 4 is 56.4 Å². The van der Waals surface area contributed by atoms with E-state index in [-0.39, 0.29) is 5.57 Å². The molecule has 0 saturated carbocycles. The molecule has 1 aromatic heterocycles. The first-order valence-electron chi connectivity index (χ1n) is 10.3. The molecule has 1 aliphatic heterocycles. The first kappa shape index (κ1) is 20.9. The van der Waals surface area contributed by atoms with Gasteiger partial charge in [-0.2, -0.15) is 0 Å². The molecule has 0 unspecified atom stereocenters. The van der Waals surface area contributed by atoms with Crippen LogP contribution < -0.4 is 10.2 Å². The van der Waals surface area contributed by atoms with E-state index >= 15 is 0 Å². The Morgan fingerprint density at radius 2 is 1.55 bits per heavy atom. The van der Waals surface area contributed by atoms with Gasteiger partial charge < -0.3 is 4.57 Å². The van der Waals surface area contributed by atoms with Gasteiger partial charge in [0.15, 0.2) is 0 Å². The summed E-state index contributed by atoms with van der Waals surface area (Å²) in [6.07, 6.45) is 3.48. The van der Waals surface area contributed by atoms with E-state index in [0.29, 0.717) is 12.2 Å². The number of hydrogen-bond acceptors (Lipinski definition) is 3. The number of urea groups is 1. The van der Waals surface area contributed by atoms with E-state index in [1.54, 1.807) is 30.3 Å². The zero-order valence-electron chi connectivity index (χ0n) is 17.4. The Labute approximate surface area is 198 Å². The van der Waals surface area contributed by atoms with E-state index in [1.807, 2.05) is 60.8 Å². The maximum absolute atomic E-state index is 13.2. The molecule has 3 aromatic carbocycles. The van der Waals surface area contributed by atoms with Crippen LogP contribution in [0.15, 0.2) is 95.1 Å². The highest BCUT2D eigenvalue weighted by atomic mass is 79.9. The Balaban J connectivity index is 1.57. The molecule has 4 amide bonds. The van der Waals surface area contributed by atoms with Gasteiger partial charge in [0.05, 0.1) is 5.69 Å². The van der Waals surface area contributed by atoms with E-state index in [1.165, 1.54) is 0 Å². The summed E-state index contributed by atoms with van der Waals surface area (Å²) in [4.78, 5) is 39.3. The first-order chi connectivity index (χ1) is 16.0. The van der Waals surface area contributed by atoms with Crippen LogP contribution in [0.5, 0.6) is 0 Å². The van der Waals surface area contributed by atoms with Crippen LogP contribution in [0.3, 0.4) is 0 Å². The number of carbonyl (C=O) groups is 3. The fourth-order valence-electron chi connectivity index (χ4n) is 3.94. The number of amides is 4. The van der Waals surface area contributed by atoms with Crippen molar-refractivity contribution in [2.45, 2.75) is 6.54 Å². The summed E-state index contributed by atoms with van der Waals surface area (Å²) in [7, 11) is 0. The lowest BCUT2D eigenvalue weighted by Gasteiger charge is -2.26. The van der Waals surface area contributed by atoms with Crippen molar-refractivity contribution < 1.29 is 14.4 Å². The van der Waals surface area contributed by atoms with Crippen molar-refractivity contribution in [3.05, 3.63) is 106 Å². The van der Waals surface area contributed by atoms with Gasteiger partial charge in [0, 0.05) is 33.7 Å². The normalized spacial score (nSPS) is 15.4. The monoisotopic (exact) mass is 499 g/mol. The minimum atomic E-state index is -0.768. The summed E-state index contributed by atoms with van der Waals surface area (Å²) in [5.74, 6) is -1.37. The second kappa shape index (κ2) is 8.52. The number of carbonyl (C=O) groups excluding carboxylic acids is 3.